The molecule has 1 aromatic carbocycles. The quantitative estimate of drug-likeness (QED) is 0.201. The molecule has 0 aliphatic carbocycles. The Bertz CT molecular complexity index is 718. The Kier molecular flexibility index (Phi) is 12.9. The lowest BCUT2D eigenvalue weighted by atomic mass is 10.2. The van der Waals surface area contributed by atoms with E-state index in [1.165, 1.54) is 0 Å². The molecular formula is C21H34IN5OS. The number of hydrogen-bond acceptors (Lipinski definition) is 5. The third-order valence-corrected chi connectivity index (χ3v) is 4.87. The van der Waals surface area contributed by atoms with Crippen molar-refractivity contribution >= 4 is 41.3 Å². The molecule has 0 aliphatic heterocycles. The second-order valence-corrected chi connectivity index (χ2v) is 7.94. The van der Waals surface area contributed by atoms with E-state index in [9.17, 15) is 0 Å². The molecule has 8 heteroatoms. The van der Waals surface area contributed by atoms with E-state index in [-0.39, 0.29) is 24.0 Å². The van der Waals surface area contributed by atoms with Crippen molar-refractivity contribution in [3.63, 3.8) is 0 Å². The summed E-state index contributed by atoms with van der Waals surface area (Å²) in [6, 6.07) is 8.19. The average Bonchev–Trinajstić information content (AvgIpc) is 3.09. The number of guanidine groups is 1. The van der Waals surface area contributed by atoms with Gasteiger partial charge in [-0.15, -0.1) is 35.3 Å². The molecule has 0 fully saturated rings. The topological polar surface area (TPSA) is 61.8 Å². The molecule has 0 saturated carbocycles. The number of nitrogens with zero attached hydrogens (tertiary/aromatic N) is 3. The van der Waals surface area contributed by atoms with E-state index in [1.54, 1.807) is 11.3 Å². The largest absolute Gasteiger partial charge is 0.494 e. The smallest absolute Gasteiger partial charge is 0.191 e. The van der Waals surface area contributed by atoms with Crippen LogP contribution in [0.3, 0.4) is 0 Å². The van der Waals surface area contributed by atoms with Crippen LogP contribution in [0.2, 0.25) is 0 Å². The highest BCUT2D eigenvalue weighted by molar-refractivity contribution is 14.0. The third kappa shape index (κ3) is 10.8. The standard InChI is InChI=1S/C21H33N5OS.HI/c1-5-22-21(23-12-11-19-16-28-17(2)25-19)24-15-18-7-9-20(10-8-18)27-14-6-13-26(3)4;/h7-10,16H,5-6,11-15H2,1-4H3,(H2,22,23,24);1H. The summed E-state index contributed by atoms with van der Waals surface area (Å²) >= 11 is 1.69. The van der Waals surface area contributed by atoms with Crippen LogP contribution in [0, 0.1) is 6.92 Å². The molecule has 2 rings (SSSR count). The van der Waals surface area contributed by atoms with Gasteiger partial charge in [0.1, 0.15) is 5.75 Å². The normalized spacial score (nSPS) is 11.3. The first-order valence-electron chi connectivity index (χ1n) is 9.86. The first kappa shape index (κ1) is 25.6. The molecule has 0 spiro atoms. The zero-order chi connectivity index (χ0) is 20.2. The van der Waals surface area contributed by atoms with E-state index >= 15 is 0 Å². The first-order valence-corrected chi connectivity index (χ1v) is 10.7. The summed E-state index contributed by atoms with van der Waals surface area (Å²) in [4.78, 5) is 11.3. The Morgan fingerprint density at radius 1 is 1.21 bits per heavy atom. The molecule has 0 amide bonds. The molecule has 0 atom stereocenters. The van der Waals surface area contributed by atoms with E-state index in [2.05, 4.69) is 64.0 Å². The van der Waals surface area contributed by atoms with Crippen molar-refractivity contribution in [2.45, 2.75) is 33.2 Å². The van der Waals surface area contributed by atoms with Crippen LogP contribution in [0.4, 0.5) is 0 Å². The number of aromatic nitrogens is 1. The summed E-state index contributed by atoms with van der Waals surface area (Å²) in [5.74, 6) is 1.74. The van der Waals surface area contributed by atoms with Gasteiger partial charge in [0.15, 0.2) is 5.96 Å². The number of thiazole rings is 1. The van der Waals surface area contributed by atoms with E-state index in [1.807, 2.05) is 19.1 Å². The van der Waals surface area contributed by atoms with Crippen LogP contribution in [-0.4, -0.2) is 56.2 Å². The fraction of sp³-hybridized carbons (Fsp3) is 0.524. The number of benzene rings is 1. The lowest BCUT2D eigenvalue weighted by Gasteiger charge is -2.11. The Labute approximate surface area is 196 Å². The highest BCUT2D eigenvalue weighted by Crippen LogP contribution is 2.13. The molecular weight excluding hydrogens is 497 g/mol. The maximum atomic E-state index is 5.78. The molecule has 0 radical (unpaired) electrons. The second kappa shape index (κ2) is 14.6. The van der Waals surface area contributed by atoms with Crippen LogP contribution in [-0.2, 0) is 13.0 Å². The van der Waals surface area contributed by atoms with Gasteiger partial charge in [0.05, 0.1) is 23.9 Å². The Balaban J connectivity index is 0.00000420. The molecule has 1 heterocycles. The highest BCUT2D eigenvalue weighted by Gasteiger charge is 2.01. The number of aliphatic imine (C=N–C) groups is 1. The monoisotopic (exact) mass is 531 g/mol. The van der Waals surface area contributed by atoms with Crippen LogP contribution in [0.1, 0.15) is 29.6 Å². The zero-order valence-corrected chi connectivity index (χ0v) is 21.0. The van der Waals surface area contributed by atoms with Gasteiger partial charge in [-0.2, -0.15) is 0 Å². The van der Waals surface area contributed by atoms with Crippen molar-refractivity contribution in [2.75, 3.05) is 40.3 Å². The van der Waals surface area contributed by atoms with Gasteiger partial charge in [-0.3, -0.25) is 0 Å². The summed E-state index contributed by atoms with van der Waals surface area (Å²) in [6.45, 7) is 8.16. The summed E-state index contributed by atoms with van der Waals surface area (Å²) in [5.41, 5.74) is 2.29. The molecule has 162 valence electrons. The molecule has 0 saturated heterocycles. The first-order chi connectivity index (χ1) is 13.6. The molecule has 2 N–H and O–H groups in total. The van der Waals surface area contributed by atoms with E-state index in [0.29, 0.717) is 6.54 Å². The van der Waals surface area contributed by atoms with Crippen molar-refractivity contribution < 1.29 is 4.74 Å². The van der Waals surface area contributed by atoms with Gasteiger partial charge in [-0.25, -0.2) is 9.98 Å². The molecule has 0 unspecified atom stereocenters. The minimum Gasteiger partial charge on any atom is -0.494 e. The predicted octanol–water partition coefficient (Wildman–Crippen LogP) is 3.70. The van der Waals surface area contributed by atoms with Crippen LogP contribution in [0.25, 0.3) is 0 Å². The number of ether oxygens (including phenoxy) is 1. The predicted molar refractivity (Wildman–Crippen MR) is 134 cm³/mol. The van der Waals surface area contributed by atoms with Crippen LogP contribution >= 0.6 is 35.3 Å². The summed E-state index contributed by atoms with van der Waals surface area (Å²) in [5, 5.41) is 9.90. The fourth-order valence-electron chi connectivity index (χ4n) is 2.61. The molecule has 1 aromatic heterocycles. The molecule has 6 nitrogen and oxygen atoms in total. The maximum absolute atomic E-state index is 5.78. The average molecular weight is 532 g/mol. The van der Waals surface area contributed by atoms with Gasteiger partial charge in [0, 0.05) is 31.4 Å². The summed E-state index contributed by atoms with van der Waals surface area (Å²) < 4.78 is 5.78. The number of halogens is 1. The van der Waals surface area contributed by atoms with Crippen LogP contribution < -0.4 is 15.4 Å². The minimum atomic E-state index is 0. The fourth-order valence-corrected chi connectivity index (χ4v) is 3.25. The van der Waals surface area contributed by atoms with Crippen molar-refractivity contribution in [3.05, 3.63) is 45.9 Å². The number of nitrogens with one attached hydrogen (secondary N) is 2. The lowest BCUT2D eigenvalue weighted by Crippen LogP contribution is -2.38. The lowest BCUT2D eigenvalue weighted by molar-refractivity contribution is 0.281. The van der Waals surface area contributed by atoms with Crippen LogP contribution in [0.5, 0.6) is 5.75 Å². The number of hydrogen-bond donors (Lipinski definition) is 2. The zero-order valence-electron chi connectivity index (χ0n) is 17.9. The molecule has 29 heavy (non-hydrogen) atoms. The Morgan fingerprint density at radius 3 is 2.59 bits per heavy atom. The number of rotatable bonds is 11. The molecule has 0 bridgehead atoms. The summed E-state index contributed by atoms with van der Waals surface area (Å²) in [7, 11) is 4.15. The van der Waals surface area contributed by atoms with Crippen molar-refractivity contribution in [3.8, 4) is 5.75 Å². The van der Waals surface area contributed by atoms with Gasteiger partial charge in [0.25, 0.3) is 0 Å². The van der Waals surface area contributed by atoms with E-state index < -0.39 is 0 Å². The SMILES string of the molecule is CCNC(=NCc1ccc(OCCCN(C)C)cc1)NCCc1csc(C)n1.I. The third-order valence-electron chi connectivity index (χ3n) is 4.05. The van der Waals surface area contributed by atoms with E-state index in [4.69, 9.17) is 4.74 Å². The second-order valence-electron chi connectivity index (χ2n) is 6.88. The van der Waals surface area contributed by atoms with Gasteiger partial charge in [-0.1, -0.05) is 12.1 Å². The number of aryl methyl sites for hydroxylation is 1. The van der Waals surface area contributed by atoms with Crippen LogP contribution in [0.15, 0.2) is 34.6 Å². The van der Waals surface area contributed by atoms with E-state index in [0.717, 1.165) is 67.1 Å². The molecule has 0 aliphatic rings. The minimum absolute atomic E-state index is 0. The Hall–Kier alpha value is -1.39. The van der Waals surface area contributed by atoms with Crippen molar-refractivity contribution in [2.24, 2.45) is 4.99 Å². The molecule has 2 aromatic rings. The van der Waals surface area contributed by atoms with Gasteiger partial charge in [-0.05, 0) is 52.1 Å². The highest BCUT2D eigenvalue weighted by atomic mass is 127. The van der Waals surface area contributed by atoms with Crippen molar-refractivity contribution in [1.29, 1.82) is 0 Å². The van der Waals surface area contributed by atoms with Crippen molar-refractivity contribution in [1.82, 2.24) is 20.5 Å². The maximum Gasteiger partial charge on any atom is 0.191 e. The van der Waals surface area contributed by atoms with Gasteiger partial charge < -0.3 is 20.3 Å². The summed E-state index contributed by atoms with van der Waals surface area (Å²) in [6.07, 6.45) is 1.92. The van der Waals surface area contributed by atoms with Gasteiger partial charge >= 0.3 is 0 Å². The van der Waals surface area contributed by atoms with Gasteiger partial charge in [0.2, 0.25) is 0 Å². The Morgan fingerprint density at radius 2 is 1.97 bits per heavy atom.